The Morgan fingerprint density at radius 2 is 2.50 bits per heavy atom. The van der Waals surface area contributed by atoms with Crippen LogP contribution in [0.2, 0.25) is 0 Å². The Hall–Kier alpha value is -1.42. The van der Waals surface area contributed by atoms with Gasteiger partial charge in [-0.2, -0.15) is 0 Å². The average molecular weight is 216 g/mol. The Morgan fingerprint density at radius 1 is 1.56 bits per heavy atom. The van der Waals surface area contributed by atoms with E-state index in [2.05, 4.69) is 26.9 Å². The van der Waals surface area contributed by atoms with Crippen molar-refractivity contribution in [1.29, 1.82) is 0 Å². The fourth-order valence-corrected chi connectivity index (χ4v) is 2.44. The van der Waals surface area contributed by atoms with Crippen molar-refractivity contribution >= 4 is 11.0 Å². The number of pyridine rings is 1. The molecule has 0 spiro atoms. The Balaban J connectivity index is 1.94. The molecule has 0 radical (unpaired) electrons. The van der Waals surface area contributed by atoms with Gasteiger partial charge in [0.1, 0.15) is 11.3 Å². The van der Waals surface area contributed by atoms with Crippen LogP contribution < -0.4 is 5.32 Å². The van der Waals surface area contributed by atoms with Gasteiger partial charge in [-0.05, 0) is 25.5 Å². The van der Waals surface area contributed by atoms with Gasteiger partial charge in [0.2, 0.25) is 0 Å². The molecule has 4 nitrogen and oxygen atoms in total. The van der Waals surface area contributed by atoms with E-state index in [4.69, 9.17) is 0 Å². The third-order valence-electron chi connectivity index (χ3n) is 3.37. The molecule has 0 saturated carbocycles. The molecule has 4 heteroatoms. The van der Waals surface area contributed by atoms with E-state index in [-0.39, 0.29) is 0 Å². The largest absolute Gasteiger partial charge is 0.331 e. The van der Waals surface area contributed by atoms with Gasteiger partial charge in [-0.25, -0.2) is 4.98 Å². The molecule has 0 aliphatic carbocycles. The normalized spacial score (nSPS) is 20.7. The number of imidazole rings is 1. The minimum atomic E-state index is 0.600. The highest BCUT2D eigenvalue weighted by Crippen LogP contribution is 2.16. The standard InChI is InChI=1S/C12H16N4/c1-16-11-4-6-13-8-10(11)15-12(16)7-9-3-2-5-14-9/h4,6,8-9,14H,2-3,5,7H2,1H3. The zero-order chi connectivity index (χ0) is 11.0. The highest BCUT2D eigenvalue weighted by molar-refractivity contribution is 5.74. The van der Waals surface area contributed by atoms with Crippen LogP contribution in [0.25, 0.3) is 11.0 Å². The first-order chi connectivity index (χ1) is 7.84. The third-order valence-corrected chi connectivity index (χ3v) is 3.37. The average Bonchev–Trinajstić information content (AvgIpc) is 2.90. The molecule has 1 atom stereocenters. The SMILES string of the molecule is Cn1c(CC2CCCN2)nc2cnccc21. The van der Waals surface area contributed by atoms with E-state index < -0.39 is 0 Å². The first-order valence-corrected chi connectivity index (χ1v) is 5.83. The Morgan fingerprint density at radius 3 is 3.25 bits per heavy atom. The van der Waals surface area contributed by atoms with Crippen molar-refractivity contribution in [3.8, 4) is 0 Å². The van der Waals surface area contributed by atoms with E-state index in [9.17, 15) is 0 Å². The summed E-state index contributed by atoms with van der Waals surface area (Å²) in [6.07, 6.45) is 7.23. The summed E-state index contributed by atoms with van der Waals surface area (Å²) in [5.74, 6) is 1.16. The number of nitrogens with zero attached hydrogens (tertiary/aromatic N) is 3. The molecule has 16 heavy (non-hydrogen) atoms. The third kappa shape index (κ3) is 1.59. The Kier molecular flexibility index (Phi) is 2.36. The van der Waals surface area contributed by atoms with Gasteiger partial charge in [-0.3, -0.25) is 4.98 Å². The molecular weight excluding hydrogens is 200 g/mol. The van der Waals surface area contributed by atoms with Gasteiger partial charge < -0.3 is 9.88 Å². The second-order valence-electron chi connectivity index (χ2n) is 4.45. The smallest absolute Gasteiger partial charge is 0.111 e. The zero-order valence-corrected chi connectivity index (χ0v) is 9.48. The molecule has 1 aliphatic rings. The van der Waals surface area contributed by atoms with E-state index in [1.165, 1.54) is 18.4 Å². The molecule has 84 valence electrons. The van der Waals surface area contributed by atoms with Gasteiger partial charge in [0, 0.05) is 25.7 Å². The summed E-state index contributed by atoms with van der Waals surface area (Å²) in [6, 6.07) is 2.62. The highest BCUT2D eigenvalue weighted by Gasteiger charge is 2.17. The summed E-state index contributed by atoms with van der Waals surface area (Å²) in [5, 5.41) is 3.51. The maximum atomic E-state index is 4.64. The fraction of sp³-hybridized carbons (Fsp3) is 0.500. The van der Waals surface area contributed by atoms with E-state index in [1.54, 1.807) is 0 Å². The summed E-state index contributed by atoms with van der Waals surface area (Å²) in [6.45, 7) is 1.15. The first-order valence-electron chi connectivity index (χ1n) is 5.83. The number of aromatic nitrogens is 3. The predicted molar refractivity (Wildman–Crippen MR) is 63.2 cm³/mol. The summed E-state index contributed by atoms with van der Waals surface area (Å²) >= 11 is 0. The predicted octanol–water partition coefficient (Wildman–Crippen LogP) is 1.26. The van der Waals surface area contributed by atoms with E-state index in [0.29, 0.717) is 6.04 Å². The molecule has 2 aromatic heterocycles. The number of hydrogen-bond acceptors (Lipinski definition) is 3. The van der Waals surface area contributed by atoms with Crippen LogP contribution in [-0.2, 0) is 13.5 Å². The number of rotatable bonds is 2. The lowest BCUT2D eigenvalue weighted by atomic mass is 10.1. The van der Waals surface area contributed by atoms with Crippen molar-refractivity contribution in [2.24, 2.45) is 7.05 Å². The molecule has 1 aliphatic heterocycles. The van der Waals surface area contributed by atoms with Crippen LogP contribution in [0, 0.1) is 0 Å². The lowest BCUT2D eigenvalue weighted by Crippen LogP contribution is -2.25. The summed E-state index contributed by atoms with van der Waals surface area (Å²) in [7, 11) is 2.08. The van der Waals surface area contributed by atoms with Gasteiger partial charge >= 0.3 is 0 Å². The molecule has 2 aromatic rings. The van der Waals surface area contributed by atoms with Crippen molar-refractivity contribution < 1.29 is 0 Å². The maximum Gasteiger partial charge on any atom is 0.111 e. The monoisotopic (exact) mass is 216 g/mol. The van der Waals surface area contributed by atoms with E-state index in [1.807, 2.05) is 18.5 Å². The summed E-state index contributed by atoms with van der Waals surface area (Å²) in [4.78, 5) is 8.74. The molecule has 0 amide bonds. The van der Waals surface area contributed by atoms with Crippen LogP contribution in [0.3, 0.4) is 0 Å². The molecular formula is C12H16N4. The topological polar surface area (TPSA) is 42.7 Å². The van der Waals surface area contributed by atoms with Gasteiger partial charge in [0.25, 0.3) is 0 Å². The van der Waals surface area contributed by atoms with Gasteiger partial charge in [-0.1, -0.05) is 0 Å². The first kappa shape index (κ1) is 9.78. The molecule has 1 N–H and O–H groups in total. The summed E-state index contributed by atoms with van der Waals surface area (Å²) in [5.41, 5.74) is 2.17. The molecule has 1 unspecified atom stereocenters. The lowest BCUT2D eigenvalue weighted by Gasteiger charge is -2.09. The van der Waals surface area contributed by atoms with Crippen molar-refractivity contribution in [3.05, 3.63) is 24.3 Å². The Bertz CT molecular complexity index is 497. The molecule has 1 saturated heterocycles. The Labute approximate surface area is 94.7 Å². The van der Waals surface area contributed by atoms with E-state index >= 15 is 0 Å². The molecule has 0 bridgehead atoms. The fourth-order valence-electron chi connectivity index (χ4n) is 2.44. The highest BCUT2D eigenvalue weighted by atomic mass is 15.1. The number of hydrogen-bond donors (Lipinski definition) is 1. The minimum absolute atomic E-state index is 0.600. The maximum absolute atomic E-state index is 4.64. The van der Waals surface area contributed by atoms with Crippen molar-refractivity contribution in [2.75, 3.05) is 6.54 Å². The molecule has 0 aromatic carbocycles. The van der Waals surface area contributed by atoms with Crippen molar-refractivity contribution in [3.63, 3.8) is 0 Å². The zero-order valence-electron chi connectivity index (χ0n) is 9.48. The second-order valence-corrected chi connectivity index (χ2v) is 4.45. The number of aryl methyl sites for hydroxylation is 1. The van der Waals surface area contributed by atoms with Gasteiger partial charge in [-0.15, -0.1) is 0 Å². The van der Waals surface area contributed by atoms with Crippen molar-refractivity contribution in [2.45, 2.75) is 25.3 Å². The van der Waals surface area contributed by atoms with Crippen LogP contribution in [0.1, 0.15) is 18.7 Å². The van der Waals surface area contributed by atoms with Gasteiger partial charge in [0.15, 0.2) is 0 Å². The second kappa shape index (κ2) is 3.87. The minimum Gasteiger partial charge on any atom is -0.331 e. The van der Waals surface area contributed by atoms with Crippen LogP contribution in [0.5, 0.6) is 0 Å². The van der Waals surface area contributed by atoms with Crippen LogP contribution >= 0.6 is 0 Å². The van der Waals surface area contributed by atoms with E-state index in [0.717, 1.165) is 24.3 Å². The number of nitrogens with one attached hydrogen (secondary N) is 1. The van der Waals surface area contributed by atoms with Gasteiger partial charge in [0.05, 0.1) is 11.7 Å². The van der Waals surface area contributed by atoms with Crippen LogP contribution in [0.4, 0.5) is 0 Å². The molecule has 1 fully saturated rings. The lowest BCUT2D eigenvalue weighted by molar-refractivity contribution is 0.575. The molecule has 3 rings (SSSR count). The quantitative estimate of drug-likeness (QED) is 0.822. The van der Waals surface area contributed by atoms with Crippen molar-refractivity contribution in [1.82, 2.24) is 19.9 Å². The molecule has 3 heterocycles. The number of fused-ring (bicyclic) bond motifs is 1. The van der Waals surface area contributed by atoms with Crippen LogP contribution in [-0.4, -0.2) is 27.1 Å². The van der Waals surface area contributed by atoms with Crippen LogP contribution in [0.15, 0.2) is 18.5 Å². The summed E-state index contributed by atoms with van der Waals surface area (Å²) < 4.78 is 2.18.